The first-order valence-corrected chi connectivity index (χ1v) is 11.7. The highest BCUT2D eigenvalue weighted by Gasteiger charge is 2.49. The molecule has 2 saturated heterocycles. The van der Waals surface area contributed by atoms with Gasteiger partial charge in [0.05, 0.1) is 16.4 Å². The van der Waals surface area contributed by atoms with Crippen LogP contribution in [-0.2, 0) is 20.6 Å². The first kappa shape index (κ1) is 19.4. The molecule has 28 heavy (non-hydrogen) atoms. The molecule has 2 aromatic rings. The van der Waals surface area contributed by atoms with Crippen molar-refractivity contribution in [3.63, 3.8) is 0 Å². The van der Waals surface area contributed by atoms with Crippen molar-refractivity contribution in [2.24, 2.45) is 0 Å². The van der Waals surface area contributed by atoms with E-state index < -0.39 is 14.9 Å². The minimum absolute atomic E-state index is 0.0165. The average molecular weight is 421 g/mol. The van der Waals surface area contributed by atoms with Gasteiger partial charge in [0.15, 0.2) is 0 Å². The molecule has 8 heteroatoms. The van der Waals surface area contributed by atoms with Gasteiger partial charge in [0.25, 0.3) is 0 Å². The zero-order valence-corrected chi connectivity index (χ0v) is 16.9. The van der Waals surface area contributed by atoms with E-state index in [4.69, 9.17) is 0 Å². The SMILES string of the molecule is O=C1CSC2(CCN(S(=O)(=O)Cc3ccccc3)CC2)N1c1ccc(F)cc1. The Morgan fingerprint density at radius 2 is 1.64 bits per heavy atom. The molecule has 1 amide bonds. The van der Waals surface area contributed by atoms with E-state index in [1.807, 2.05) is 30.3 Å². The second kappa shape index (κ2) is 7.50. The molecular weight excluding hydrogens is 399 g/mol. The Hall–Kier alpha value is -1.90. The number of benzene rings is 2. The molecular formula is C20H21FN2O3S2. The summed E-state index contributed by atoms with van der Waals surface area (Å²) in [5.74, 6) is -0.0287. The summed E-state index contributed by atoms with van der Waals surface area (Å²) in [6.07, 6.45) is 1.10. The number of carbonyl (C=O) groups is 1. The summed E-state index contributed by atoms with van der Waals surface area (Å²) in [6.45, 7) is 0.736. The zero-order chi connectivity index (χ0) is 19.8. The summed E-state index contributed by atoms with van der Waals surface area (Å²) < 4.78 is 40.4. The lowest BCUT2D eigenvalue weighted by molar-refractivity contribution is -0.116. The number of sulfonamides is 1. The summed E-state index contributed by atoms with van der Waals surface area (Å²) in [6, 6.07) is 15.1. The molecule has 2 fully saturated rings. The van der Waals surface area contributed by atoms with Gasteiger partial charge in [0.1, 0.15) is 5.82 Å². The third-order valence-electron chi connectivity index (χ3n) is 5.30. The van der Waals surface area contributed by atoms with Crippen LogP contribution >= 0.6 is 11.8 Å². The van der Waals surface area contributed by atoms with Gasteiger partial charge < -0.3 is 0 Å². The number of thioether (sulfide) groups is 1. The van der Waals surface area contributed by atoms with Crippen molar-refractivity contribution < 1.29 is 17.6 Å². The molecule has 5 nitrogen and oxygen atoms in total. The fraction of sp³-hybridized carbons (Fsp3) is 0.350. The molecule has 4 rings (SSSR count). The molecule has 2 aliphatic heterocycles. The van der Waals surface area contributed by atoms with Gasteiger partial charge in [-0.15, -0.1) is 11.8 Å². The first-order chi connectivity index (χ1) is 13.4. The number of halogens is 1. The fourth-order valence-corrected chi connectivity index (χ4v) is 6.74. The largest absolute Gasteiger partial charge is 0.296 e. The van der Waals surface area contributed by atoms with Gasteiger partial charge in [0, 0.05) is 18.8 Å². The van der Waals surface area contributed by atoms with Crippen LogP contribution in [0.1, 0.15) is 18.4 Å². The van der Waals surface area contributed by atoms with E-state index in [-0.39, 0.29) is 17.5 Å². The van der Waals surface area contributed by atoms with Gasteiger partial charge >= 0.3 is 0 Å². The molecule has 0 aliphatic carbocycles. The van der Waals surface area contributed by atoms with Crippen LogP contribution in [0.15, 0.2) is 54.6 Å². The predicted molar refractivity (Wildman–Crippen MR) is 109 cm³/mol. The van der Waals surface area contributed by atoms with E-state index in [1.54, 1.807) is 28.8 Å². The van der Waals surface area contributed by atoms with Crippen LogP contribution in [0.5, 0.6) is 0 Å². The third-order valence-corrected chi connectivity index (χ3v) is 8.66. The lowest BCUT2D eigenvalue weighted by Gasteiger charge is -2.43. The Bertz CT molecular complexity index is 957. The number of rotatable bonds is 4. The second-order valence-corrected chi connectivity index (χ2v) is 10.4. The van der Waals surface area contributed by atoms with Crippen molar-refractivity contribution in [1.29, 1.82) is 0 Å². The van der Waals surface area contributed by atoms with Crippen LogP contribution in [0.3, 0.4) is 0 Å². The number of hydrogen-bond donors (Lipinski definition) is 0. The molecule has 0 N–H and O–H groups in total. The lowest BCUT2D eigenvalue weighted by Crippen LogP contribution is -2.53. The van der Waals surface area contributed by atoms with E-state index in [2.05, 4.69) is 0 Å². The normalized spacial score (nSPS) is 20.0. The van der Waals surface area contributed by atoms with Gasteiger partial charge in [0.2, 0.25) is 15.9 Å². The van der Waals surface area contributed by atoms with E-state index >= 15 is 0 Å². The quantitative estimate of drug-likeness (QED) is 0.762. The average Bonchev–Trinajstić information content (AvgIpc) is 2.99. The van der Waals surface area contributed by atoms with Crippen LogP contribution in [0.4, 0.5) is 10.1 Å². The molecule has 2 heterocycles. The van der Waals surface area contributed by atoms with Gasteiger partial charge in [-0.25, -0.2) is 17.1 Å². The standard InChI is InChI=1S/C20H21FN2O3S2/c21-17-6-8-18(9-7-17)23-19(24)14-27-20(23)10-12-22(13-11-20)28(25,26)15-16-4-2-1-3-5-16/h1-9H,10-15H2. The van der Waals surface area contributed by atoms with E-state index in [0.29, 0.717) is 37.4 Å². The highest BCUT2D eigenvalue weighted by molar-refractivity contribution is 8.02. The van der Waals surface area contributed by atoms with Crippen molar-refractivity contribution in [3.05, 3.63) is 66.0 Å². The molecule has 2 aliphatic rings. The Morgan fingerprint density at radius 1 is 1.00 bits per heavy atom. The van der Waals surface area contributed by atoms with Crippen LogP contribution < -0.4 is 4.90 Å². The maximum absolute atomic E-state index is 13.3. The summed E-state index contributed by atoms with van der Waals surface area (Å²) in [5, 5.41) is 0. The molecule has 0 radical (unpaired) electrons. The van der Waals surface area contributed by atoms with E-state index in [9.17, 15) is 17.6 Å². The van der Waals surface area contributed by atoms with Crippen LogP contribution in [-0.4, -0.2) is 42.3 Å². The Kier molecular flexibility index (Phi) is 5.20. The van der Waals surface area contributed by atoms with Crippen molar-refractivity contribution >= 4 is 33.4 Å². The fourth-order valence-electron chi connectivity index (χ4n) is 3.88. The molecule has 148 valence electrons. The smallest absolute Gasteiger partial charge is 0.238 e. The molecule has 0 unspecified atom stereocenters. The Labute approximate surface area is 168 Å². The summed E-state index contributed by atoms with van der Waals surface area (Å²) >= 11 is 1.56. The van der Waals surface area contributed by atoms with Gasteiger partial charge in [-0.1, -0.05) is 30.3 Å². The van der Waals surface area contributed by atoms with Crippen LogP contribution in [0.2, 0.25) is 0 Å². The molecule has 0 saturated carbocycles. The minimum Gasteiger partial charge on any atom is -0.296 e. The molecule has 0 aromatic heterocycles. The number of amides is 1. The van der Waals surface area contributed by atoms with Crippen molar-refractivity contribution in [1.82, 2.24) is 4.31 Å². The van der Waals surface area contributed by atoms with Gasteiger partial charge in [-0.3, -0.25) is 9.69 Å². The molecule has 1 spiro atoms. The predicted octanol–water partition coefficient (Wildman–Crippen LogP) is 3.23. The summed E-state index contributed by atoms with van der Waals surface area (Å²) in [4.78, 5) is 13.8. The molecule has 0 atom stereocenters. The van der Waals surface area contributed by atoms with Crippen molar-refractivity contribution in [3.8, 4) is 0 Å². The number of carbonyl (C=O) groups excluding carboxylic acids is 1. The topological polar surface area (TPSA) is 57.7 Å². The van der Waals surface area contributed by atoms with Gasteiger partial charge in [-0.2, -0.15) is 0 Å². The highest BCUT2D eigenvalue weighted by Crippen LogP contribution is 2.47. The molecule has 0 bridgehead atoms. The monoisotopic (exact) mass is 420 g/mol. The number of nitrogens with zero attached hydrogens (tertiary/aromatic N) is 2. The number of hydrogen-bond acceptors (Lipinski definition) is 4. The number of anilines is 1. The third kappa shape index (κ3) is 3.68. The second-order valence-electron chi connectivity index (χ2n) is 7.08. The zero-order valence-electron chi connectivity index (χ0n) is 15.3. The molecule has 2 aromatic carbocycles. The summed E-state index contributed by atoms with van der Waals surface area (Å²) in [7, 11) is -3.41. The van der Waals surface area contributed by atoms with Crippen molar-refractivity contribution in [2.75, 3.05) is 23.7 Å². The maximum atomic E-state index is 13.3. The Morgan fingerprint density at radius 3 is 2.29 bits per heavy atom. The van der Waals surface area contributed by atoms with E-state index in [0.717, 1.165) is 5.56 Å². The summed E-state index contributed by atoms with van der Waals surface area (Å²) in [5.41, 5.74) is 1.43. The first-order valence-electron chi connectivity index (χ1n) is 9.14. The van der Waals surface area contributed by atoms with Crippen molar-refractivity contribution in [2.45, 2.75) is 23.5 Å². The maximum Gasteiger partial charge on any atom is 0.238 e. The lowest BCUT2D eigenvalue weighted by atomic mass is 10.0. The van der Waals surface area contributed by atoms with E-state index in [1.165, 1.54) is 16.4 Å². The van der Waals surface area contributed by atoms with Gasteiger partial charge in [-0.05, 0) is 42.7 Å². The number of piperidine rings is 1. The van der Waals surface area contributed by atoms with Crippen LogP contribution in [0.25, 0.3) is 0 Å². The van der Waals surface area contributed by atoms with Crippen LogP contribution in [0, 0.1) is 5.82 Å². The Balaban J connectivity index is 1.50. The highest BCUT2D eigenvalue weighted by atomic mass is 32.2. The minimum atomic E-state index is -3.41.